The van der Waals surface area contributed by atoms with E-state index < -0.39 is 21.7 Å². The number of hydrogen-bond acceptors (Lipinski definition) is 4. The van der Waals surface area contributed by atoms with E-state index in [1.54, 1.807) is 0 Å². The Bertz CT molecular complexity index is 575. The highest BCUT2D eigenvalue weighted by Gasteiger charge is 2.27. The van der Waals surface area contributed by atoms with Gasteiger partial charge in [-0.1, -0.05) is 0 Å². The molecule has 0 unspecified atom stereocenters. The Balaban J connectivity index is 2.19. The molecule has 1 aliphatic heterocycles. The van der Waals surface area contributed by atoms with Gasteiger partial charge in [-0.3, -0.25) is 4.90 Å². The van der Waals surface area contributed by atoms with Crippen molar-refractivity contribution in [3.8, 4) is 0 Å². The molecule has 1 aromatic rings. The van der Waals surface area contributed by atoms with Gasteiger partial charge in [-0.2, -0.15) is 4.31 Å². The molecule has 1 N–H and O–H groups in total. The summed E-state index contributed by atoms with van der Waals surface area (Å²) in [6, 6.07) is 2.30. The van der Waals surface area contributed by atoms with E-state index >= 15 is 0 Å². The van der Waals surface area contributed by atoms with Crippen LogP contribution in [0.15, 0.2) is 23.1 Å². The summed E-state index contributed by atoms with van der Waals surface area (Å²) in [7, 11) is -3.90. The third-order valence-electron chi connectivity index (χ3n) is 3.44. The van der Waals surface area contributed by atoms with Crippen molar-refractivity contribution >= 4 is 10.0 Å². The maximum Gasteiger partial charge on any atom is 0.243 e. The fourth-order valence-corrected chi connectivity index (χ4v) is 3.89. The topological polar surface area (TPSA) is 60.9 Å². The van der Waals surface area contributed by atoms with Crippen LogP contribution in [0.2, 0.25) is 0 Å². The lowest BCUT2D eigenvalue weighted by Crippen LogP contribution is -2.36. The number of halogens is 2. The zero-order valence-electron chi connectivity index (χ0n) is 11.5. The highest BCUT2D eigenvalue weighted by atomic mass is 32.2. The molecule has 1 aromatic carbocycles. The van der Waals surface area contributed by atoms with Gasteiger partial charge in [0.25, 0.3) is 0 Å². The Morgan fingerprint density at radius 1 is 1.05 bits per heavy atom. The molecule has 1 heterocycles. The fraction of sp³-hybridized carbons (Fsp3) is 0.538. The second-order valence-corrected chi connectivity index (χ2v) is 6.87. The molecular formula is C13H18F2N2O3S. The molecule has 0 atom stereocenters. The van der Waals surface area contributed by atoms with E-state index in [1.807, 2.05) is 4.90 Å². The first-order valence-corrected chi connectivity index (χ1v) is 8.17. The Kier molecular flexibility index (Phi) is 5.26. The van der Waals surface area contributed by atoms with E-state index in [1.165, 1.54) is 4.31 Å². The quantitative estimate of drug-likeness (QED) is 0.885. The van der Waals surface area contributed by atoms with Crippen molar-refractivity contribution in [1.82, 2.24) is 9.21 Å². The minimum atomic E-state index is -3.90. The first-order chi connectivity index (χ1) is 9.93. The zero-order valence-corrected chi connectivity index (χ0v) is 12.3. The number of aliphatic hydroxyl groups excluding tert-OH is 1. The normalized spacial score (nSPS) is 18.6. The predicted octanol–water partition coefficient (Wildman–Crippen LogP) is 0.654. The van der Waals surface area contributed by atoms with Crippen LogP contribution < -0.4 is 0 Å². The fourth-order valence-electron chi connectivity index (χ4n) is 2.38. The third-order valence-corrected chi connectivity index (χ3v) is 5.31. The lowest BCUT2D eigenvalue weighted by atomic mass is 10.3. The molecule has 0 aliphatic carbocycles. The average molecular weight is 320 g/mol. The van der Waals surface area contributed by atoms with E-state index in [0.29, 0.717) is 38.7 Å². The van der Waals surface area contributed by atoms with Gasteiger partial charge in [-0.15, -0.1) is 0 Å². The minimum Gasteiger partial charge on any atom is -0.395 e. The molecule has 0 spiro atoms. The van der Waals surface area contributed by atoms with E-state index in [-0.39, 0.29) is 18.0 Å². The second kappa shape index (κ2) is 6.78. The van der Waals surface area contributed by atoms with Crippen molar-refractivity contribution in [2.75, 3.05) is 39.3 Å². The summed E-state index contributed by atoms with van der Waals surface area (Å²) in [6.45, 7) is 2.20. The van der Waals surface area contributed by atoms with Crippen LogP contribution in [0.1, 0.15) is 6.42 Å². The van der Waals surface area contributed by atoms with Crippen LogP contribution in [-0.2, 0) is 10.0 Å². The van der Waals surface area contributed by atoms with E-state index in [0.717, 1.165) is 12.1 Å². The van der Waals surface area contributed by atoms with Crippen molar-refractivity contribution in [3.05, 3.63) is 29.8 Å². The van der Waals surface area contributed by atoms with Crippen molar-refractivity contribution in [3.63, 3.8) is 0 Å². The summed E-state index contributed by atoms with van der Waals surface area (Å²) >= 11 is 0. The molecule has 1 saturated heterocycles. The standard InChI is InChI=1S/C13H18F2N2O3S/c14-11-8-12(15)10-13(9-11)21(19,20)17-3-1-2-16(4-5-17)6-7-18/h8-10,18H,1-7H2. The largest absolute Gasteiger partial charge is 0.395 e. The van der Waals surface area contributed by atoms with Crippen LogP contribution in [0, 0.1) is 11.6 Å². The van der Waals surface area contributed by atoms with E-state index in [9.17, 15) is 17.2 Å². The van der Waals surface area contributed by atoms with Gasteiger partial charge in [0.15, 0.2) is 0 Å². The lowest BCUT2D eigenvalue weighted by molar-refractivity contribution is 0.202. The monoisotopic (exact) mass is 320 g/mol. The van der Waals surface area contributed by atoms with Gasteiger partial charge in [0.1, 0.15) is 11.6 Å². The van der Waals surface area contributed by atoms with Gasteiger partial charge in [0.2, 0.25) is 10.0 Å². The molecule has 0 bridgehead atoms. The number of hydrogen-bond donors (Lipinski definition) is 1. The van der Waals surface area contributed by atoms with Crippen molar-refractivity contribution in [2.45, 2.75) is 11.3 Å². The van der Waals surface area contributed by atoms with Gasteiger partial charge < -0.3 is 5.11 Å². The predicted molar refractivity (Wildman–Crippen MR) is 73.3 cm³/mol. The zero-order chi connectivity index (χ0) is 15.5. The van der Waals surface area contributed by atoms with Crippen LogP contribution in [0.25, 0.3) is 0 Å². The van der Waals surface area contributed by atoms with Gasteiger partial charge in [0.05, 0.1) is 11.5 Å². The highest BCUT2D eigenvalue weighted by Crippen LogP contribution is 2.20. The summed E-state index contributed by atoms with van der Waals surface area (Å²) in [5.41, 5.74) is 0. The summed E-state index contributed by atoms with van der Waals surface area (Å²) in [4.78, 5) is 1.59. The van der Waals surface area contributed by atoms with Crippen LogP contribution in [0.4, 0.5) is 8.78 Å². The first-order valence-electron chi connectivity index (χ1n) is 6.73. The van der Waals surface area contributed by atoms with Crippen LogP contribution in [0.3, 0.4) is 0 Å². The van der Waals surface area contributed by atoms with Crippen LogP contribution in [0.5, 0.6) is 0 Å². The Morgan fingerprint density at radius 2 is 1.71 bits per heavy atom. The molecule has 0 saturated carbocycles. The summed E-state index contributed by atoms with van der Waals surface area (Å²) < 4.78 is 52.5. The molecule has 1 fully saturated rings. The Hall–Kier alpha value is -1.09. The van der Waals surface area contributed by atoms with Crippen LogP contribution in [-0.4, -0.2) is 62.1 Å². The Labute approximate surface area is 122 Å². The van der Waals surface area contributed by atoms with Gasteiger partial charge in [-0.05, 0) is 25.1 Å². The van der Waals surface area contributed by atoms with Crippen molar-refractivity contribution < 1.29 is 22.3 Å². The molecule has 0 radical (unpaired) electrons. The molecular weight excluding hydrogens is 302 g/mol. The number of sulfonamides is 1. The summed E-state index contributed by atoms with van der Waals surface area (Å²) in [6.07, 6.45) is 0.608. The van der Waals surface area contributed by atoms with Crippen molar-refractivity contribution in [2.24, 2.45) is 0 Å². The molecule has 2 rings (SSSR count). The van der Waals surface area contributed by atoms with Gasteiger partial charge in [-0.25, -0.2) is 17.2 Å². The molecule has 0 amide bonds. The number of rotatable bonds is 4. The van der Waals surface area contributed by atoms with Gasteiger partial charge in [0, 0.05) is 32.2 Å². The van der Waals surface area contributed by atoms with E-state index in [4.69, 9.17) is 5.11 Å². The van der Waals surface area contributed by atoms with Crippen LogP contribution >= 0.6 is 0 Å². The molecule has 1 aliphatic rings. The summed E-state index contributed by atoms with van der Waals surface area (Å²) in [5, 5.41) is 8.92. The summed E-state index contributed by atoms with van der Waals surface area (Å²) in [5.74, 6) is -1.82. The number of β-amino-alcohol motifs (C(OH)–C–C–N with tert-alkyl or cyclic N) is 1. The molecule has 21 heavy (non-hydrogen) atoms. The third kappa shape index (κ3) is 3.97. The number of aliphatic hydroxyl groups is 1. The first kappa shape index (κ1) is 16.3. The molecule has 0 aromatic heterocycles. The maximum atomic E-state index is 13.2. The maximum absolute atomic E-state index is 13.2. The second-order valence-electron chi connectivity index (χ2n) is 4.93. The molecule has 118 valence electrons. The van der Waals surface area contributed by atoms with Gasteiger partial charge >= 0.3 is 0 Å². The highest BCUT2D eigenvalue weighted by molar-refractivity contribution is 7.89. The number of nitrogens with zero attached hydrogens (tertiary/aromatic N) is 2. The van der Waals surface area contributed by atoms with E-state index in [2.05, 4.69) is 0 Å². The minimum absolute atomic E-state index is 0.0157. The lowest BCUT2D eigenvalue weighted by Gasteiger charge is -2.21. The Morgan fingerprint density at radius 3 is 2.33 bits per heavy atom. The molecule has 5 nitrogen and oxygen atoms in total. The smallest absolute Gasteiger partial charge is 0.243 e. The number of benzene rings is 1. The molecule has 8 heteroatoms. The SMILES string of the molecule is O=S(=O)(c1cc(F)cc(F)c1)N1CCCN(CCO)CC1. The van der Waals surface area contributed by atoms with Crippen molar-refractivity contribution in [1.29, 1.82) is 0 Å². The average Bonchev–Trinajstić information content (AvgIpc) is 2.64.